The van der Waals surface area contributed by atoms with Gasteiger partial charge in [-0.25, -0.2) is 4.98 Å². The summed E-state index contributed by atoms with van der Waals surface area (Å²) in [5.74, 6) is 1.60. The van der Waals surface area contributed by atoms with Crippen LogP contribution in [0.15, 0.2) is 41.4 Å². The Balaban J connectivity index is 1.68. The number of anilines is 1. The molecule has 1 saturated heterocycles. The van der Waals surface area contributed by atoms with Crippen molar-refractivity contribution in [2.45, 2.75) is 31.4 Å². The van der Waals surface area contributed by atoms with E-state index in [0.29, 0.717) is 31.7 Å². The zero-order valence-corrected chi connectivity index (χ0v) is 17.9. The predicted octanol–water partition coefficient (Wildman–Crippen LogP) is 3.19. The summed E-state index contributed by atoms with van der Waals surface area (Å²) in [5.41, 5.74) is 2.40. The average Bonchev–Trinajstić information content (AvgIpc) is 2.74. The first kappa shape index (κ1) is 21.6. The van der Waals surface area contributed by atoms with Crippen LogP contribution in [0, 0.1) is 6.92 Å². The number of nitrogens with zero attached hydrogens (tertiary/aromatic N) is 2. The molecule has 1 atom stereocenters. The number of aromatic nitrogens is 1. The first-order chi connectivity index (χ1) is 14.1. The molecule has 7 heteroatoms. The summed E-state index contributed by atoms with van der Waals surface area (Å²) >= 11 is 1.58. The molecule has 0 bridgehead atoms. The van der Waals surface area contributed by atoms with Crippen LogP contribution in [0.2, 0.25) is 0 Å². The van der Waals surface area contributed by atoms with Gasteiger partial charge in [0.15, 0.2) is 0 Å². The van der Waals surface area contributed by atoms with Gasteiger partial charge in [-0.3, -0.25) is 4.79 Å². The maximum atomic E-state index is 12.9. The molecule has 1 unspecified atom stereocenters. The minimum absolute atomic E-state index is 0.139. The number of aliphatic hydroxyl groups excluding tert-OH is 1. The Labute approximate surface area is 176 Å². The first-order valence-corrected chi connectivity index (χ1v) is 11.1. The van der Waals surface area contributed by atoms with E-state index < -0.39 is 6.10 Å². The van der Waals surface area contributed by atoms with Gasteiger partial charge in [-0.15, -0.1) is 11.8 Å². The highest BCUT2D eigenvalue weighted by atomic mass is 32.2. The molecule has 1 aliphatic heterocycles. The predicted molar refractivity (Wildman–Crippen MR) is 117 cm³/mol. The zero-order valence-electron chi connectivity index (χ0n) is 17.1. The number of ether oxygens (including phenoxy) is 1. The van der Waals surface area contributed by atoms with Crippen molar-refractivity contribution in [2.75, 3.05) is 43.5 Å². The Morgan fingerprint density at radius 1 is 1.31 bits per heavy atom. The standard InChI is InChI=1S/C22H29N3O3S/c1-3-29-22-20(16(2)15-19(24-22)25-11-13-28-14-12-25)21(27)23-10-9-18(26)17-7-5-4-6-8-17/h4-8,15,18,26H,3,9-14H2,1-2H3,(H,23,27). The Hall–Kier alpha value is -2.09. The molecule has 2 aromatic rings. The van der Waals surface area contributed by atoms with Crippen molar-refractivity contribution in [1.29, 1.82) is 0 Å². The lowest BCUT2D eigenvalue weighted by molar-refractivity contribution is 0.0938. The molecule has 1 aliphatic rings. The molecule has 1 aromatic carbocycles. The molecule has 0 spiro atoms. The van der Waals surface area contributed by atoms with Crippen molar-refractivity contribution in [2.24, 2.45) is 0 Å². The fourth-order valence-electron chi connectivity index (χ4n) is 3.35. The van der Waals surface area contributed by atoms with E-state index in [1.54, 1.807) is 11.8 Å². The number of carbonyl (C=O) groups is 1. The van der Waals surface area contributed by atoms with E-state index >= 15 is 0 Å². The van der Waals surface area contributed by atoms with Crippen LogP contribution in [0.4, 0.5) is 5.82 Å². The van der Waals surface area contributed by atoms with Crippen LogP contribution in [0.25, 0.3) is 0 Å². The van der Waals surface area contributed by atoms with Gasteiger partial charge >= 0.3 is 0 Å². The van der Waals surface area contributed by atoms with Crippen LogP contribution in [-0.2, 0) is 4.74 Å². The minimum atomic E-state index is -0.594. The summed E-state index contributed by atoms with van der Waals surface area (Å²) in [5, 5.41) is 14.0. The van der Waals surface area contributed by atoms with Gasteiger partial charge in [0.2, 0.25) is 0 Å². The molecular formula is C22H29N3O3S. The summed E-state index contributed by atoms with van der Waals surface area (Å²) < 4.78 is 5.43. The van der Waals surface area contributed by atoms with Crippen LogP contribution in [0.1, 0.15) is 40.9 Å². The minimum Gasteiger partial charge on any atom is -0.388 e. The van der Waals surface area contributed by atoms with Crippen LogP contribution >= 0.6 is 11.8 Å². The van der Waals surface area contributed by atoms with Crippen molar-refractivity contribution in [3.8, 4) is 0 Å². The van der Waals surface area contributed by atoms with Gasteiger partial charge in [0.05, 0.1) is 24.9 Å². The number of hydrogen-bond acceptors (Lipinski definition) is 6. The Morgan fingerprint density at radius 3 is 2.72 bits per heavy atom. The number of benzene rings is 1. The molecule has 2 N–H and O–H groups in total. The van der Waals surface area contributed by atoms with Gasteiger partial charge in [-0.05, 0) is 36.3 Å². The lowest BCUT2D eigenvalue weighted by Crippen LogP contribution is -2.37. The third-order valence-electron chi connectivity index (χ3n) is 4.90. The summed E-state index contributed by atoms with van der Waals surface area (Å²) in [6.45, 7) is 7.43. The number of rotatable bonds is 8. The highest BCUT2D eigenvalue weighted by Crippen LogP contribution is 2.28. The highest BCUT2D eigenvalue weighted by molar-refractivity contribution is 7.99. The SMILES string of the molecule is CCSc1nc(N2CCOCC2)cc(C)c1C(=O)NCCC(O)c1ccccc1. The fourth-order valence-corrected chi connectivity index (χ4v) is 4.18. The van der Waals surface area contributed by atoms with Crippen molar-refractivity contribution < 1.29 is 14.6 Å². The maximum Gasteiger partial charge on any atom is 0.254 e. The summed E-state index contributed by atoms with van der Waals surface area (Å²) in [6.07, 6.45) is -0.131. The number of aliphatic hydroxyl groups is 1. The zero-order chi connectivity index (χ0) is 20.6. The van der Waals surface area contributed by atoms with E-state index in [1.807, 2.05) is 43.3 Å². The quantitative estimate of drug-likeness (QED) is 0.645. The van der Waals surface area contributed by atoms with Crippen LogP contribution in [0.3, 0.4) is 0 Å². The third-order valence-corrected chi connectivity index (χ3v) is 5.76. The molecular weight excluding hydrogens is 386 g/mol. The molecule has 3 rings (SSSR count). The molecule has 6 nitrogen and oxygen atoms in total. The number of nitrogens with one attached hydrogen (secondary N) is 1. The highest BCUT2D eigenvalue weighted by Gasteiger charge is 2.21. The number of hydrogen-bond donors (Lipinski definition) is 2. The average molecular weight is 416 g/mol. The third kappa shape index (κ3) is 5.72. The van der Waals surface area contributed by atoms with Crippen molar-refractivity contribution >= 4 is 23.5 Å². The smallest absolute Gasteiger partial charge is 0.254 e. The molecule has 1 aromatic heterocycles. The van der Waals surface area contributed by atoms with E-state index in [-0.39, 0.29) is 5.91 Å². The lowest BCUT2D eigenvalue weighted by atomic mass is 10.1. The largest absolute Gasteiger partial charge is 0.388 e. The molecule has 0 radical (unpaired) electrons. The van der Waals surface area contributed by atoms with Crippen LogP contribution in [-0.4, -0.2) is 54.6 Å². The Kier molecular flexibility index (Phi) is 7.91. The molecule has 1 amide bonds. The van der Waals surface area contributed by atoms with Crippen molar-refractivity contribution in [1.82, 2.24) is 10.3 Å². The Morgan fingerprint density at radius 2 is 2.03 bits per heavy atom. The molecule has 0 aliphatic carbocycles. The normalized spacial score (nSPS) is 15.2. The Bertz CT molecular complexity index is 810. The summed E-state index contributed by atoms with van der Waals surface area (Å²) in [6, 6.07) is 11.5. The molecule has 29 heavy (non-hydrogen) atoms. The number of aryl methyl sites for hydroxylation is 1. The molecule has 0 saturated carbocycles. The number of thioether (sulfide) groups is 1. The van der Waals surface area contributed by atoms with E-state index in [2.05, 4.69) is 17.1 Å². The number of morpholine rings is 1. The molecule has 2 heterocycles. The monoisotopic (exact) mass is 415 g/mol. The van der Waals surface area contributed by atoms with Gasteiger partial charge in [0.25, 0.3) is 5.91 Å². The molecule has 156 valence electrons. The maximum absolute atomic E-state index is 12.9. The van der Waals surface area contributed by atoms with Gasteiger partial charge in [0, 0.05) is 19.6 Å². The van der Waals surface area contributed by atoms with Gasteiger partial charge in [0.1, 0.15) is 10.8 Å². The van der Waals surface area contributed by atoms with Crippen molar-refractivity contribution in [3.63, 3.8) is 0 Å². The van der Waals surface area contributed by atoms with E-state index in [1.165, 1.54) is 0 Å². The van der Waals surface area contributed by atoms with E-state index in [9.17, 15) is 9.90 Å². The first-order valence-electron chi connectivity index (χ1n) is 10.1. The second kappa shape index (κ2) is 10.6. The second-order valence-electron chi connectivity index (χ2n) is 6.98. The summed E-state index contributed by atoms with van der Waals surface area (Å²) in [7, 11) is 0. The summed E-state index contributed by atoms with van der Waals surface area (Å²) in [4.78, 5) is 19.9. The van der Waals surface area contributed by atoms with E-state index in [0.717, 1.165) is 40.8 Å². The second-order valence-corrected chi connectivity index (χ2v) is 8.23. The van der Waals surface area contributed by atoms with Gasteiger partial charge in [-0.1, -0.05) is 37.3 Å². The fraction of sp³-hybridized carbons (Fsp3) is 0.455. The lowest BCUT2D eigenvalue weighted by Gasteiger charge is -2.29. The van der Waals surface area contributed by atoms with Gasteiger partial charge < -0.3 is 20.1 Å². The van der Waals surface area contributed by atoms with Crippen LogP contribution < -0.4 is 10.2 Å². The number of carbonyl (C=O) groups excluding carboxylic acids is 1. The van der Waals surface area contributed by atoms with Gasteiger partial charge in [-0.2, -0.15) is 0 Å². The topological polar surface area (TPSA) is 74.7 Å². The number of pyridine rings is 1. The van der Waals surface area contributed by atoms with Crippen molar-refractivity contribution in [3.05, 3.63) is 53.1 Å². The molecule has 1 fully saturated rings. The van der Waals surface area contributed by atoms with Crippen LogP contribution in [0.5, 0.6) is 0 Å². The van der Waals surface area contributed by atoms with E-state index in [4.69, 9.17) is 9.72 Å². The number of amides is 1.